The molecule has 1 N–H and O–H groups in total. The average Bonchev–Trinajstić information content (AvgIpc) is 3.29. The first-order valence-corrected chi connectivity index (χ1v) is 8.09. The number of methoxy groups -OCH3 is 1. The minimum absolute atomic E-state index is 0.0416. The Labute approximate surface area is 149 Å². The van der Waals surface area contributed by atoms with Crippen LogP contribution in [-0.4, -0.2) is 25.6 Å². The van der Waals surface area contributed by atoms with Crippen molar-refractivity contribution >= 4 is 22.8 Å². The number of rotatable bonds is 7. The van der Waals surface area contributed by atoms with Crippen LogP contribution < -0.4 is 5.32 Å². The standard InChI is InChI=1S/C19H19NO6/c1-12(15-8-5-9-24-15)20-17(21)11-25-19(22)18-14(10-23-2)13-6-3-4-7-16(13)26-18/h3-9,12H,10-11H2,1-2H3,(H,20,21). The zero-order valence-corrected chi connectivity index (χ0v) is 14.5. The minimum atomic E-state index is -0.714. The topological polar surface area (TPSA) is 90.9 Å². The molecule has 0 aliphatic carbocycles. The van der Waals surface area contributed by atoms with Crippen molar-refractivity contribution in [2.45, 2.75) is 19.6 Å². The van der Waals surface area contributed by atoms with E-state index < -0.39 is 18.5 Å². The molecule has 1 atom stereocenters. The van der Waals surface area contributed by atoms with Gasteiger partial charge >= 0.3 is 5.97 Å². The first-order chi connectivity index (χ1) is 12.6. The number of hydrogen-bond donors (Lipinski definition) is 1. The molecule has 0 aliphatic heterocycles. The summed E-state index contributed by atoms with van der Waals surface area (Å²) in [4.78, 5) is 24.3. The summed E-state index contributed by atoms with van der Waals surface area (Å²) in [6.07, 6.45) is 1.52. The van der Waals surface area contributed by atoms with Crippen molar-refractivity contribution < 1.29 is 27.9 Å². The van der Waals surface area contributed by atoms with E-state index in [1.807, 2.05) is 12.1 Å². The van der Waals surface area contributed by atoms with Crippen LogP contribution >= 0.6 is 0 Å². The summed E-state index contributed by atoms with van der Waals surface area (Å²) in [6.45, 7) is 1.55. The number of benzene rings is 1. The lowest BCUT2D eigenvalue weighted by molar-refractivity contribution is -0.125. The Balaban J connectivity index is 1.65. The summed E-state index contributed by atoms with van der Waals surface area (Å²) in [7, 11) is 1.53. The number of carbonyl (C=O) groups is 2. The van der Waals surface area contributed by atoms with Crippen LogP contribution in [0.25, 0.3) is 11.0 Å². The average molecular weight is 357 g/mol. The number of furan rings is 2. The van der Waals surface area contributed by atoms with Gasteiger partial charge in [-0.25, -0.2) is 4.79 Å². The lowest BCUT2D eigenvalue weighted by Crippen LogP contribution is -2.31. The van der Waals surface area contributed by atoms with Crippen molar-refractivity contribution in [3.05, 3.63) is 59.7 Å². The summed E-state index contributed by atoms with van der Waals surface area (Å²) in [5, 5.41) is 3.47. The zero-order chi connectivity index (χ0) is 18.5. The lowest BCUT2D eigenvalue weighted by atomic mass is 10.1. The molecule has 7 nitrogen and oxygen atoms in total. The van der Waals surface area contributed by atoms with E-state index in [1.54, 1.807) is 31.2 Å². The van der Waals surface area contributed by atoms with Crippen molar-refractivity contribution in [3.63, 3.8) is 0 Å². The third kappa shape index (κ3) is 3.78. The third-order valence-electron chi connectivity index (χ3n) is 3.85. The fourth-order valence-electron chi connectivity index (χ4n) is 2.64. The van der Waals surface area contributed by atoms with Crippen molar-refractivity contribution in [1.29, 1.82) is 0 Å². The number of esters is 1. The molecule has 1 unspecified atom stereocenters. The van der Waals surface area contributed by atoms with Crippen molar-refractivity contribution in [1.82, 2.24) is 5.32 Å². The van der Waals surface area contributed by atoms with Gasteiger partial charge in [-0.1, -0.05) is 18.2 Å². The molecule has 2 heterocycles. The minimum Gasteiger partial charge on any atom is -0.467 e. The fraction of sp³-hybridized carbons (Fsp3) is 0.263. The second-order valence-electron chi connectivity index (χ2n) is 5.72. The first-order valence-electron chi connectivity index (χ1n) is 8.09. The van der Waals surface area contributed by atoms with E-state index in [-0.39, 0.29) is 18.4 Å². The molecule has 1 amide bonds. The maximum Gasteiger partial charge on any atom is 0.375 e. The molecule has 136 valence electrons. The van der Waals surface area contributed by atoms with E-state index in [0.29, 0.717) is 16.9 Å². The quantitative estimate of drug-likeness (QED) is 0.653. The number of ether oxygens (including phenoxy) is 2. The molecule has 0 radical (unpaired) electrons. The summed E-state index contributed by atoms with van der Waals surface area (Å²) >= 11 is 0. The highest BCUT2D eigenvalue weighted by Gasteiger charge is 2.23. The zero-order valence-electron chi connectivity index (χ0n) is 14.5. The van der Waals surface area contributed by atoms with Crippen LogP contribution in [0.15, 0.2) is 51.5 Å². The predicted octanol–water partition coefficient (Wildman–Crippen LogP) is 3.21. The maximum absolute atomic E-state index is 12.4. The number of fused-ring (bicyclic) bond motifs is 1. The molecule has 7 heteroatoms. The van der Waals surface area contributed by atoms with E-state index in [9.17, 15) is 9.59 Å². The van der Waals surface area contributed by atoms with Gasteiger partial charge in [0.2, 0.25) is 5.76 Å². The second kappa shape index (κ2) is 7.88. The van der Waals surface area contributed by atoms with Crippen LogP contribution in [0.5, 0.6) is 0 Å². The molecule has 2 aromatic heterocycles. The van der Waals surface area contributed by atoms with Crippen LogP contribution in [0.2, 0.25) is 0 Å². The van der Waals surface area contributed by atoms with Crippen LogP contribution in [-0.2, 0) is 20.9 Å². The molecule has 0 bridgehead atoms. The summed E-state index contributed by atoms with van der Waals surface area (Å²) in [5.74, 6) is -0.495. The van der Waals surface area contributed by atoms with E-state index in [2.05, 4.69) is 5.32 Å². The van der Waals surface area contributed by atoms with Crippen molar-refractivity contribution in [3.8, 4) is 0 Å². The van der Waals surface area contributed by atoms with Gasteiger partial charge in [-0.15, -0.1) is 0 Å². The Morgan fingerprint density at radius 3 is 2.73 bits per heavy atom. The summed E-state index contributed by atoms with van der Waals surface area (Å²) in [5.41, 5.74) is 1.15. The van der Waals surface area contributed by atoms with Gasteiger partial charge in [-0.05, 0) is 25.1 Å². The number of nitrogens with one attached hydrogen (secondary N) is 1. The van der Waals surface area contributed by atoms with Gasteiger partial charge < -0.3 is 23.6 Å². The van der Waals surface area contributed by atoms with E-state index in [1.165, 1.54) is 13.4 Å². The molecule has 3 aromatic rings. The Bertz CT molecular complexity index is 896. The van der Waals surface area contributed by atoms with Crippen LogP contribution in [0, 0.1) is 0 Å². The van der Waals surface area contributed by atoms with Gasteiger partial charge in [-0.2, -0.15) is 0 Å². The lowest BCUT2D eigenvalue weighted by Gasteiger charge is -2.11. The fourth-order valence-corrected chi connectivity index (χ4v) is 2.64. The monoisotopic (exact) mass is 357 g/mol. The second-order valence-corrected chi connectivity index (χ2v) is 5.72. The molecule has 0 saturated carbocycles. The predicted molar refractivity (Wildman–Crippen MR) is 92.5 cm³/mol. The molecule has 26 heavy (non-hydrogen) atoms. The van der Waals surface area contributed by atoms with Crippen molar-refractivity contribution in [2.24, 2.45) is 0 Å². The highest BCUT2D eigenvalue weighted by molar-refractivity contribution is 5.96. The molecule has 0 aliphatic rings. The summed E-state index contributed by atoms with van der Waals surface area (Å²) in [6, 6.07) is 10.4. The molecular formula is C19H19NO6. The Morgan fingerprint density at radius 2 is 2.00 bits per heavy atom. The van der Waals surface area contributed by atoms with Gasteiger partial charge in [0.15, 0.2) is 6.61 Å². The first kappa shape index (κ1) is 17.8. The third-order valence-corrected chi connectivity index (χ3v) is 3.85. The number of amides is 1. The number of para-hydroxylation sites is 1. The van der Waals surface area contributed by atoms with Gasteiger partial charge in [0.1, 0.15) is 11.3 Å². The van der Waals surface area contributed by atoms with Gasteiger partial charge in [0.05, 0.1) is 18.9 Å². The Kier molecular flexibility index (Phi) is 5.38. The highest BCUT2D eigenvalue weighted by Crippen LogP contribution is 2.27. The molecule has 0 saturated heterocycles. The van der Waals surface area contributed by atoms with E-state index in [4.69, 9.17) is 18.3 Å². The maximum atomic E-state index is 12.4. The van der Waals surface area contributed by atoms with Crippen LogP contribution in [0.3, 0.4) is 0 Å². The molecule has 0 fully saturated rings. The molecule has 0 spiro atoms. The molecular weight excluding hydrogens is 338 g/mol. The molecule has 1 aromatic carbocycles. The van der Waals surface area contributed by atoms with Gasteiger partial charge in [0.25, 0.3) is 5.91 Å². The Hall–Kier alpha value is -3.06. The summed E-state index contributed by atoms with van der Waals surface area (Å²) < 4.78 is 21.0. The number of hydrogen-bond acceptors (Lipinski definition) is 6. The normalized spacial score (nSPS) is 12.1. The number of carbonyl (C=O) groups excluding carboxylic acids is 2. The SMILES string of the molecule is COCc1c(C(=O)OCC(=O)NC(C)c2ccco2)oc2ccccc12. The van der Waals surface area contributed by atoms with Crippen molar-refractivity contribution in [2.75, 3.05) is 13.7 Å². The van der Waals surface area contributed by atoms with E-state index in [0.717, 1.165) is 5.39 Å². The van der Waals surface area contributed by atoms with Gasteiger partial charge in [-0.3, -0.25) is 4.79 Å². The Morgan fingerprint density at radius 1 is 1.19 bits per heavy atom. The van der Waals surface area contributed by atoms with E-state index >= 15 is 0 Å². The molecule has 3 rings (SSSR count). The smallest absolute Gasteiger partial charge is 0.375 e. The van der Waals surface area contributed by atoms with Crippen LogP contribution in [0.1, 0.15) is 34.8 Å². The van der Waals surface area contributed by atoms with Gasteiger partial charge in [0, 0.05) is 18.1 Å². The highest BCUT2D eigenvalue weighted by atomic mass is 16.5. The van der Waals surface area contributed by atoms with Crippen LogP contribution in [0.4, 0.5) is 0 Å². The largest absolute Gasteiger partial charge is 0.467 e.